The lowest BCUT2D eigenvalue weighted by molar-refractivity contribution is -0.116. The van der Waals surface area contributed by atoms with Gasteiger partial charge in [0.2, 0.25) is 5.91 Å². The molecule has 1 aliphatic heterocycles. The summed E-state index contributed by atoms with van der Waals surface area (Å²) in [4.78, 5) is 15.0. The maximum Gasteiger partial charge on any atom is 0.224 e. The van der Waals surface area contributed by atoms with Crippen molar-refractivity contribution in [3.63, 3.8) is 0 Å². The molecule has 0 aliphatic carbocycles. The molecule has 1 saturated heterocycles. The first-order valence-electron chi connectivity index (χ1n) is 9.76. The average Bonchev–Trinajstić information content (AvgIpc) is 3.29. The maximum absolute atomic E-state index is 12.6. The van der Waals surface area contributed by atoms with Gasteiger partial charge < -0.3 is 10.2 Å². The van der Waals surface area contributed by atoms with Crippen LogP contribution in [0, 0.1) is 0 Å². The summed E-state index contributed by atoms with van der Waals surface area (Å²) in [5.41, 5.74) is 3.86. The third kappa shape index (κ3) is 4.36. The minimum Gasteiger partial charge on any atom is -0.370 e. The smallest absolute Gasteiger partial charge is 0.224 e. The molecule has 2 aromatic carbocycles. The number of carbonyl (C=O) groups is 1. The Morgan fingerprint density at radius 2 is 1.86 bits per heavy atom. The van der Waals surface area contributed by atoms with Crippen LogP contribution in [0.4, 0.5) is 11.4 Å². The van der Waals surface area contributed by atoms with Crippen LogP contribution in [0.5, 0.6) is 0 Å². The van der Waals surface area contributed by atoms with Gasteiger partial charge in [-0.25, -0.2) is 4.68 Å². The molecule has 0 atom stereocenters. The van der Waals surface area contributed by atoms with Crippen LogP contribution in [0.15, 0.2) is 54.9 Å². The van der Waals surface area contributed by atoms with Crippen molar-refractivity contribution in [2.75, 3.05) is 23.3 Å². The molecule has 0 saturated carbocycles. The van der Waals surface area contributed by atoms with Gasteiger partial charge in [-0.1, -0.05) is 30.3 Å². The topological polar surface area (TPSA) is 75.9 Å². The first-order chi connectivity index (χ1) is 13.8. The second-order valence-corrected chi connectivity index (χ2v) is 7.04. The van der Waals surface area contributed by atoms with Crippen LogP contribution >= 0.6 is 0 Å². The van der Waals surface area contributed by atoms with Crippen LogP contribution in [0.2, 0.25) is 0 Å². The third-order valence-corrected chi connectivity index (χ3v) is 5.05. The number of hydrogen-bond acceptors (Lipinski definition) is 5. The normalized spacial score (nSPS) is 14.1. The van der Waals surface area contributed by atoms with E-state index in [0.717, 1.165) is 42.1 Å². The Kier molecular flexibility index (Phi) is 5.61. The van der Waals surface area contributed by atoms with E-state index in [2.05, 4.69) is 31.8 Å². The number of rotatable bonds is 6. The molecule has 0 radical (unpaired) electrons. The fraction of sp³-hybridized carbons (Fsp3) is 0.333. The van der Waals surface area contributed by atoms with Gasteiger partial charge in [0.15, 0.2) is 0 Å². The molecule has 7 heteroatoms. The molecule has 1 aliphatic rings. The van der Waals surface area contributed by atoms with Gasteiger partial charge in [-0.15, -0.1) is 5.10 Å². The molecule has 1 aromatic heterocycles. The number of benzene rings is 2. The summed E-state index contributed by atoms with van der Waals surface area (Å²) in [6, 6.07) is 16.1. The van der Waals surface area contributed by atoms with Crippen LogP contribution in [-0.4, -0.2) is 39.2 Å². The zero-order valence-electron chi connectivity index (χ0n) is 15.8. The molecule has 7 nitrogen and oxygen atoms in total. The number of anilines is 2. The van der Waals surface area contributed by atoms with E-state index in [9.17, 15) is 4.79 Å². The van der Waals surface area contributed by atoms with Gasteiger partial charge >= 0.3 is 0 Å². The first kappa shape index (κ1) is 18.2. The molecule has 1 amide bonds. The number of carbonyl (C=O) groups excluding carboxylic acids is 1. The van der Waals surface area contributed by atoms with Gasteiger partial charge in [0.1, 0.15) is 6.33 Å². The lowest BCUT2D eigenvalue weighted by Gasteiger charge is -2.30. The zero-order chi connectivity index (χ0) is 19.2. The van der Waals surface area contributed by atoms with Crippen LogP contribution in [0.3, 0.4) is 0 Å². The first-order valence-corrected chi connectivity index (χ1v) is 9.76. The van der Waals surface area contributed by atoms with Gasteiger partial charge in [-0.3, -0.25) is 4.79 Å². The highest BCUT2D eigenvalue weighted by molar-refractivity contribution is 5.95. The van der Waals surface area contributed by atoms with E-state index in [4.69, 9.17) is 0 Å². The molecular formula is C21H24N6O. The van der Waals surface area contributed by atoms with Crippen molar-refractivity contribution in [3.05, 3.63) is 60.4 Å². The standard InChI is InChI=1S/C21H24N6O/c28-21(12-9-17-7-3-1-4-8-17)23-19-15-18(27-16-22-24-25-27)10-11-20(19)26-13-5-2-6-14-26/h1,3-4,7-8,10-11,15-16H,2,5-6,9,12-14H2,(H,23,28). The summed E-state index contributed by atoms with van der Waals surface area (Å²) < 4.78 is 1.60. The van der Waals surface area contributed by atoms with Gasteiger partial charge in [0.05, 0.1) is 17.1 Å². The lowest BCUT2D eigenvalue weighted by Crippen LogP contribution is -2.30. The van der Waals surface area contributed by atoms with Gasteiger partial charge in [0.25, 0.3) is 0 Å². The summed E-state index contributed by atoms with van der Waals surface area (Å²) in [5.74, 6) is 0.0102. The Labute approximate surface area is 164 Å². The number of aryl methyl sites for hydroxylation is 1. The molecule has 144 valence electrons. The monoisotopic (exact) mass is 376 g/mol. The van der Waals surface area contributed by atoms with Crippen molar-refractivity contribution < 1.29 is 4.79 Å². The van der Waals surface area contributed by atoms with Crippen LogP contribution in [-0.2, 0) is 11.2 Å². The van der Waals surface area contributed by atoms with Gasteiger partial charge in [-0.2, -0.15) is 0 Å². The second kappa shape index (κ2) is 8.65. The van der Waals surface area contributed by atoms with Crippen molar-refractivity contribution in [1.82, 2.24) is 20.2 Å². The molecular weight excluding hydrogens is 352 g/mol. The van der Waals surface area contributed by atoms with Crippen molar-refractivity contribution in [3.8, 4) is 5.69 Å². The van der Waals surface area contributed by atoms with E-state index < -0.39 is 0 Å². The minimum atomic E-state index is 0.0102. The predicted molar refractivity (Wildman–Crippen MR) is 109 cm³/mol. The summed E-state index contributed by atoms with van der Waals surface area (Å²) in [6.45, 7) is 2.02. The van der Waals surface area contributed by atoms with E-state index >= 15 is 0 Å². The summed E-state index contributed by atoms with van der Waals surface area (Å²) in [5, 5.41) is 14.5. The number of aromatic nitrogens is 4. The Balaban J connectivity index is 1.53. The number of hydrogen-bond donors (Lipinski definition) is 1. The summed E-state index contributed by atoms with van der Waals surface area (Å²) >= 11 is 0. The Morgan fingerprint density at radius 3 is 2.61 bits per heavy atom. The SMILES string of the molecule is O=C(CCc1ccccc1)Nc1cc(-n2cnnn2)ccc1N1CCCCC1. The average molecular weight is 376 g/mol. The second-order valence-electron chi connectivity index (χ2n) is 7.04. The van der Waals surface area contributed by atoms with Crippen molar-refractivity contribution in [1.29, 1.82) is 0 Å². The molecule has 3 aromatic rings. The van der Waals surface area contributed by atoms with Crippen molar-refractivity contribution >= 4 is 17.3 Å². The van der Waals surface area contributed by atoms with E-state index in [0.29, 0.717) is 6.42 Å². The Hall–Kier alpha value is -3.22. The quantitative estimate of drug-likeness (QED) is 0.715. The van der Waals surface area contributed by atoms with Crippen molar-refractivity contribution in [2.24, 2.45) is 0 Å². The van der Waals surface area contributed by atoms with Crippen molar-refractivity contribution in [2.45, 2.75) is 32.1 Å². The number of amides is 1. The lowest BCUT2D eigenvalue weighted by atomic mass is 10.1. The van der Waals surface area contributed by atoms with E-state index in [1.165, 1.54) is 19.3 Å². The predicted octanol–water partition coefficient (Wildman–Crippen LogP) is 3.22. The largest absolute Gasteiger partial charge is 0.370 e. The zero-order valence-corrected chi connectivity index (χ0v) is 15.8. The molecule has 1 fully saturated rings. The molecule has 2 heterocycles. The highest BCUT2D eigenvalue weighted by Gasteiger charge is 2.17. The van der Waals surface area contributed by atoms with Crippen LogP contribution in [0.1, 0.15) is 31.2 Å². The number of nitrogens with one attached hydrogen (secondary N) is 1. The minimum absolute atomic E-state index is 0.0102. The Bertz CT molecular complexity index is 904. The maximum atomic E-state index is 12.6. The van der Waals surface area contributed by atoms with Gasteiger partial charge in [0, 0.05) is 19.5 Å². The molecule has 4 rings (SSSR count). The van der Waals surface area contributed by atoms with E-state index in [1.807, 2.05) is 42.5 Å². The number of nitrogens with zero attached hydrogens (tertiary/aromatic N) is 5. The van der Waals surface area contributed by atoms with E-state index in [-0.39, 0.29) is 5.91 Å². The molecule has 0 bridgehead atoms. The fourth-order valence-electron chi connectivity index (χ4n) is 3.57. The highest BCUT2D eigenvalue weighted by atomic mass is 16.1. The molecule has 1 N–H and O–H groups in total. The van der Waals surface area contributed by atoms with E-state index in [1.54, 1.807) is 11.0 Å². The molecule has 0 spiro atoms. The highest BCUT2D eigenvalue weighted by Crippen LogP contribution is 2.30. The summed E-state index contributed by atoms with van der Waals surface area (Å²) in [7, 11) is 0. The fourth-order valence-corrected chi connectivity index (χ4v) is 3.57. The molecule has 28 heavy (non-hydrogen) atoms. The van der Waals surface area contributed by atoms with Crippen LogP contribution < -0.4 is 10.2 Å². The Morgan fingerprint density at radius 1 is 1.04 bits per heavy atom. The molecule has 0 unspecified atom stereocenters. The third-order valence-electron chi connectivity index (χ3n) is 5.05. The van der Waals surface area contributed by atoms with Gasteiger partial charge in [-0.05, 0) is 59.9 Å². The number of piperidine rings is 1. The summed E-state index contributed by atoms with van der Waals surface area (Å²) in [6.07, 6.45) is 6.33. The number of tetrazole rings is 1. The van der Waals surface area contributed by atoms with Crippen LogP contribution in [0.25, 0.3) is 5.69 Å².